The van der Waals surface area contributed by atoms with Gasteiger partial charge in [-0.25, -0.2) is 14.8 Å². The SMILES string of the molecule is CCNC(=O)N1CCN(c2cc(Cl)nc(SCC(=O)NC3CCCCC3)n2)CC1C. The van der Waals surface area contributed by atoms with Gasteiger partial charge in [-0.2, -0.15) is 0 Å². The van der Waals surface area contributed by atoms with Gasteiger partial charge in [-0.05, 0) is 26.7 Å². The van der Waals surface area contributed by atoms with Crippen molar-refractivity contribution in [3.8, 4) is 0 Å². The van der Waals surface area contributed by atoms with Crippen molar-refractivity contribution in [1.82, 2.24) is 25.5 Å². The highest BCUT2D eigenvalue weighted by Crippen LogP contribution is 2.24. The number of carbonyl (C=O) groups is 2. The second-order valence-electron chi connectivity index (χ2n) is 7.85. The number of aromatic nitrogens is 2. The molecule has 8 nitrogen and oxygen atoms in total. The molecule has 1 aromatic rings. The van der Waals surface area contributed by atoms with Crippen molar-refractivity contribution < 1.29 is 9.59 Å². The van der Waals surface area contributed by atoms with Gasteiger partial charge in [0.05, 0.1) is 5.75 Å². The van der Waals surface area contributed by atoms with E-state index in [-0.39, 0.29) is 23.7 Å². The lowest BCUT2D eigenvalue weighted by atomic mass is 9.95. The number of hydrogen-bond donors (Lipinski definition) is 2. The third kappa shape index (κ3) is 6.38. The van der Waals surface area contributed by atoms with E-state index in [9.17, 15) is 9.59 Å². The number of nitrogens with one attached hydrogen (secondary N) is 2. The Kier molecular flexibility index (Phi) is 8.44. The van der Waals surface area contributed by atoms with Gasteiger partial charge in [-0.15, -0.1) is 0 Å². The fraction of sp³-hybridized carbons (Fsp3) is 0.700. The average molecular weight is 455 g/mol. The monoisotopic (exact) mass is 454 g/mol. The van der Waals surface area contributed by atoms with Gasteiger partial charge in [0.2, 0.25) is 5.91 Å². The Balaban J connectivity index is 1.56. The zero-order chi connectivity index (χ0) is 21.5. The molecular weight excluding hydrogens is 424 g/mol. The van der Waals surface area contributed by atoms with Gasteiger partial charge < -0.3 is 20.4 Å². The standard InChI is InChI=1S/C20H31ClN6O2S/c1-3-22-20(29)27-10-9-26(12-14(27)2)17-11-16(21)24-19(25-17)30-13-18(28)23-15-7-5-4-6-8-15/h11,14-15H,3-10,12-13H2,1-2H3,(H,22,29)(H,23,28). The number of anilines is 1. The molecule has 166 valence electrons. The van der Waals surface area contributed by atoms with Crippen LogP contribution in [-0.4, -0.2) is 70.8 Å². The summed E-state index contributed by atoms with van der Waals surface area (Å²) in [6.07, 6.45) is 5.76. The molecular formula is C20H31ClN6O2S. The minimum absolute atomic E-state index is 0.0150. The maximum absolute atomic E-state index is 12.3. The molecule has 1 unspecified atom stereocenters. The molecule has 10 heteroatoms. The first kappa shape index (κ1) is 22.9. The van der Waals surface area contributed by atoms with E-state index in [1.165, 1.54) is 31.0 Å². The molecule has 0 aromatic carbocycles. The molecule has 1 saturated carbocycles. The van der Waals surface area contributed by atoms with Crippen molar-refractivity contribution in [1.29, 1.82) is 0 Å². The highest BCUT2D eigenvalue weighted by atomic mass is 35.5. The number of hydrogen-bond acceptors (Lipinski definition) is 6. The number of urea groups is 1. The van der Waals surface area contributed by atoms with E-state index in [2.05, 4.69) is 25.5 Å². The highest BCUT2D eigenvalue weighted by Gasteiger charge is 2.28. The summed E-state index contributed by atoms with van der Waals surface area (Å²) in [5.41, 5.74) is 0. The lowest BCUT2D eigenvalue weighted by Gasteiger charge is -2.40. The molecule has 1 aromatic heterocycles. The summed E-state index contributed by atoms with van der Waals surface area (Å²) >= 11 is 7.53. The summed E-state index contributed by atoms with van der Waals surface area (Å²) < 4.78 is 0. The normalized spacial score (nSPS) is 20.2. The Hall–Kier alpha value is -1.74. The van der Waals surface area contributed by atoms with Crippen LogP contribution in [0.15, 0.2) is 11.2 Å². The predicted octanol–water partition coefficient (Wildman–Crippen LogP) is 2.91. The molecule has 2 aliphatic rings. The highest BCUT2D eigenvalue weighted by molar-refractivity contribution is 7.99. The van der Waals surface area contributed by atoms with Crippen molar-refractivity contribution >= 4 is 41.1 Å². The molecule has 30 heavy (non-hydrogen) atoms. The van der Waals surface area contributed by atoms with E-state index >= 15 is 0 Å². The topological polar surface area (TPSA) is 90.5 Å². The Morgan fingerprint density at radius 1 is 1.23 bits per heavy atom. The maximum Gasteiger partial charge on any atom is 0.317 e. The zero-order valence-corrected chi connectivity index (χ0v) is 19.3. The van der Waals surface area contributed by atoms with E-state index < -0.39 is 0 Å². The number of thioether (sulfide) groups is 1. The number of piperazine rings is 1. The van der Waals surface area contributed by atoms with Gasteiger partial charge in [0.25, 0.3) is 0 Å². The first-order valence-corrected chi connectivity index (χ1v) is 12.1. The molecule has 2 fully saturated rings. The number of halogens is 1. The summed E-state index contributed by atoms with van der Waals surface area (Å²) in [6, 6.07) is 2.05. The summed E-state index contributed by atoms with van der Waals surface area (Å²) in [5, 5.41) is 6.82. The van der Waals surface area contributed by atoms with Crippen LogP contribution in [0.25, 0.3) is 0 Å². The number of amides is 3. The number of nitrogens with zero attached hydrogens (tertiary/aromatic N) is 4. The van der Waals surface area contributed by atoms with Crippen molar-refractivity contribution in [2.45, 2.75) is 63.2 Å². The van der Waals surface area contributed by atoms with E-state index in [4.69, 9.17) is 11.6 Å². The molecule has 1 saturated heterocycles. The smallest absolute Gasteiger partial charge is 0.317 e. The van der Waals surface area contributed by atoms with E-state index in [0.717, 1.165) is 18.7 Å². The molecule has 0 bridgehead atoms. The van der Waals surface area contributed by atoms with E-state index in [1.807, 2.05) is 18.7 Å². The Morgan fingerprint density at radius 2 is 2.00 bits per heavy atom. The Labute approximate surface area is 187 Å². The molecule has 1 aliphatic heterocycles. The van der Waals surface area contributed by atoms with Crippen LogP contribution < -0.4 is 15.5 Å². The molecule has 0 radical (unpaired) electrons. The quantitative estimate of drug-likeness (QED) is 0.390. The molecule has 3 rings (SSSR count). The van der Waals surface area contributed by atoms with Crippen LogP contribution in [0.5, 0.6) is 0 Å². The largest absolute Gasteiger partial charge is 0.353 e. The molecule has 1 atom stereocenters. The van der Waals surface area contributed by atoms with Crippen molar-refractivity contribution in [2.75, 3.05) is 36.8 Å². The van der Waals surface area contributed by atoms with Crippen molar-refractivity contribution in [2.24, 2.45) is 0 Å². The lowest BCUT2D eigenvalue weighted by molar-refractivity contribution is -0.119. The summed E-state index contributed by atoms with van der Waals surface area (Å²) in [6.45, 7) is 6.49. The van der Waals surface area contributed by atoms with Gasteiger partial charge in [-0.3, -0.25) is 4.79 Å². The number of rotatable bonds is 6. The van der Waals surface area contributed by atoms with Gasteiger partial charge in [0.1, 0.15) is 11.0 Å². The minimum Gasteiger partial charge on any atom is -0.353 e. The van der Waals surface area contributed by atoms with Crippen LogP contribution in [0.3, 0.4) is 0 Å². The van der Waals surface area contributed by atoms with Gasteiger partial charge in [-0.1, -0.05) is 42.6 Å². The fourth-order valence-corrected chi connectivity index (χ4v) is 4.87. The first-order chi connectivity index (χ1) is 14.5. The summed E-state index contributed by atoms with van der Waals surface area (Å²) in [5.74, 6) is 1.02. The van der Waals surface area contributed by atoms with Crippen LogP contribution in [0.2, 0.25) is 5.15 Å². The lowest BCUT2D eigenvalue weighted by Crippen LogP contribution is -2.56. The molecule has 3 amide bonds. The predicted molar refractivity (Wildman–Crippen MR) is 120 cm³/mol. The fourth-order valence-electron chi connectivity index (χ4n) is 3.98. The first-order valence-electron chi connectivity index (χ1n) is 10.7. The molecule has 2 N–H and O–H groups in total. The van der Waals surface area contributed by atoms with E-state index in [0.29, 0.717) is 42.5 Å². The van der Waals surface area contributed by atoms with Gasteiger partial charge in [0, 0.05) is 44.3 Å². The molecule has 0 spiro atoms. The average Bonchev–Trinajstić information content (AvgIpc) is 2.72. The number of carbonyl (C=O) groups excluding carboxylic acids is 2. The minimum atomic E-state index is -0.0365. The van der Waals surface area contributed by atoms with Crippen molar-refractivity contribution in [3.63, 3.8) is 0 Å². The Bertz CT molecular complexity index is 746. The summed E-state index contributed by atoms with van der Waals surface area (Å²) in [7, 11) is 0. The van der Waals surface area contributed by atoms with Crippen molar-refractivity contribution in [3.05, 3.63) is 11.2 Å². The molecule has 1 aliphatic carbocycles. The second-order valence-corrected chi connectivity index (χ2v) is 9.18. The van der Waals surface area contributed by atoms with Crippen LogP contribution in [0.1, 0.15) is 46.0 Å². The maximum atomic E-state index is 12.3. The second kappa shape index (κ2) is 11.0. The third-order valence-corrected chi connectivity index (χ3v) is 6.54. The van der Waals surface area contributed by atoms with Crippen LogP contribution in [-0.2, 0) is 4.79 Å². The third-order valence-electron chi connectivity index (χ3n) is 5.50. The van der Waals surface area contributed by atoms with Crippen LogP contribution >= 0.6 is 23.4 Å². The summed E-state index contributed by atoms with van der Waals surface area (Å²) in [4.78, 5) is 37.3. The zero-order valence-electron chi connectivity index (χ0n) is 17.7. The van der Waals surface area contributed by atoms with Gasteiger partial charge in [0.15, 0.2) is 5.16 Å². The van der Waals surface area contributed by atoms with Crippen LogP contribution in [0.4, 0.5) is 10.6 Å². The van der Waals surface area contributed by atoms with Gasteiger partial charge >= 0.3 is 6.03 Å². The Morgan fingerprint density at radius 3 is 2.70 bits per heavy atom. The van der Waals surface area contributed by atoms with E-state index in [1.54, 1.807) is 6.07 Å². The molecule has 2 heterocycles. The van der Waals surface area contributed by atoms with Crippen LogP contribution in [0, 0.1) is 0 Å².